The van der Waals surface area contributed by atoms with Gasteiger partial charge in [-0.2, -0.15) is 23.3 Å². The van der Waals surface area contributed by atoms with Crippen molar-refractivity contribution in [1.82, 2.24) is 29.3 Å². The fraction of sp³-hybridized carbons (Fsp3) is 0.348. The Balaban J connectivity index is 1.42. The molecule has 39 heavy (non-hydrogen) atoms. The molecule has 0 radical (unpaired) electrons. The number of carbonyl (C=O) groups is 1. The van der Waals surface area contributed by atoms with Crippen LogP contribution in [0.2, 0.25) is 5.02 Å². The number of hydrogen-bond acceptors (Lipinski definition) is 9. The van der Waals surface area contributed by atoms with Gasteiger partial charge in [0.25, 0.3) is 0 Å². The van der Waals surface area contributed by atoms with Crippen molar-refractivity contribution in [3.63, 3.8) is 0 Å². The van der Waals surface area contributed by atoms with Crippen molar-refractivity contribution >= 4 is 46.4 Å². The molecule has 0 unspecified atom stereocenters. The second kappa shape index (κ2) is 10.6. The Morgan fingerprint density at radius 1 is 1.21 bits per heavy atom. The minimum absolute atomic E-state index is 0.0257. The number of halogens is 4. The van der Waals surface area contributed by atoms with E-state index in [1.165, 1.54) is 30.1 Å². The van der Waals surface area contributed by atoms with Gasteiger partial charge in [0.1, 0.15) is 27.8 Å². The van der Waals surface area contributed by atoms with Crippen LogP contribution >= 0.6 is 11.6 Å². The Bertz CT molecular complexity index is 1520. The maximum absolute atomic E-state index is 13.8. The van der Waals surface area contributed by atoms with Gasteiger partial charge < -0.3 is 24.1 Å². The lowest BCUT2D eigenvalue weighted by molar-refractivity contribution is -0.145. The molecule has 1 aliphatic heterocycles. The molecule has 1 amide bonds. The molecule has 5 heterocycles. The molecular weight excluding hydrogens is 545 g/mol. The molecule has 0 atom stereocenters. The zero-order valence-electron chi connectivity index (χ0n) is 20.6. The van der Waals surface area contributed by atoms with Crippen LogP contribution < -0.4 is 15.4 Å². The minimum Gasteiger partial charge on any atom is -0.454 e. The summed E-state index contributed by atoms with van der Waals surface area (Å²) in [5.74, 6) is 0.822. The van der Waals surface area contributed by atoms with Gasteiger partial charge in [-0.1, -0.05) is 11.6 Å². The molecule has 16 heteroatoms. The molecule has 2 N–H and O–H groups in total. The molecule has 4 aromatic rings. The van der Waals surface area contributed by atoms with Crippen LogP contribution in [0.15, 0.2) is 30.6 Å². The van der Waals surface area contributed by atoms with E-state index in [9.17, 15) is 18.0 Å². The first-order valence-electron chi connectivity index (χ1n) is 11.7. The number of methoxy groups -OCH3 is 1. The predicted octanol–water partition coefficient (Wildman–Crippen LogP) is 5.30. The van der Waals surface area contributed by atoms with Crippen LogP contribution in [0, 0.1) is 0 Å². The van der Waals surface area contributed by atoms with Gasteiger partial charge in [0.15, 0.2) is 17.2 Å². The molecule has 0 saturated carbocycles. The van der Waals surface area contributed by atoms with Crippen molar-refractivity contribution in [2.75, 3.05) is 31.0 Å². The first-order chi connectivity index (χ1) is 18.6. The van der Waals surface area contributed by atoms with Crippen molar-refractivity contribution in [2.24, 2.45) is 7.05 Å². The number of alkyl halides is 3. The fourth-order valence-electron chi connectivity index (χ4n) is 4.11. The van der Waals surface area contributed by atoms with E-state index < -0.39 is 24.0 Å². The molecule has 1 aliphatic rings. The van der Waals surface area contributed by atoms with E-state index in [1.807, 2.05) is 0 Å². The van der Waals surface area contributed by atoms with Gasteiger partial charge in [0.2, 0.25) is 5.95 Å². The third-order valence-electron chi connectivity index (χ3n) is 5.98. The van der Waals surface area contributed by atoms with E-state index in [0.717, 1.165) is 10.7 Å². The lowest BCUT2D eigenvalue weighted by Crippen LogP contribution is -2.25. The number of hydrogen-bond donors (Lipinski definition) is 2. The monoisotopic (exact) mass is 566 g/mol. The zero-order chi connectivity index (χ0) is 27.7. The highest BCUT2D eigenvalue weighted by Gasteiger charge is 2.38. The summed E-state index contributed by atoms with van der Waals surface area (Å²) < 4.78 is 59.5. The quantitative estimate of drug-likeness (QED) is 0.319. The second-order valence-electron chi connectivity index (χ2n) is 8.52. The average Bonchev–Trinajstić information content (AvgIpc) is 3.48. The van der Waals surface area contributed by atoms with Gasteiger partial charge in [-0.05, 0) is 18.9 Å². The van der Waals surface area contributed by atoms with Crippen molar-refractivity contribution < 1.29 is 32.2 Å². The van der Waals surface area contributed by atoms with Gasteiger partial charge >= 0.3 is 12.3 Å². The zero-order valence-corrected chi connectivity index (χ0v) is 21.4. The number of rotatable bonds is 6. The highest BCUT2D eigenvalue weighted by molar-refractivity contribution is 6.36. The maximum Gasteiger partial charge on any atom is 0.433 e. The SMILES string of the molecule is COC(=O)Nc1cc(Oc2cnc3nc(Nc4cc(C(F)(F)F)n(C5CCOCC5)n4)n(C)c3c2Cl)ccn1. The largest absolute Gasteiger partial charge is 0.454 e. The van der Waals surface area contributed by atoms with E-state index >= 15 is 0 Å². The molecule has 0 aromatic carbocycles. The number of imidazole rings is 1. The summed E-state index contributed by atoms with van der Waals surface area (Å²) in [5.41, 5.74) is -0.250. The summed E-state index contributed by atoms with van der Waals surface area (Å²) in [6.45, 7) is 0.735. The van der Waals surface area contributed by atoms with Crippen LogP contribution in [0.5, 0.6) is 11.5 Å². The Morgan fingerprint density at radius 2 is 1.97 bits per heavy atom. The van der Waals surface area contributed by atoms with Crippen molar-refractivity contribution in [2.45, 2.75) is 25.1 Å². The number of nitrogens with one attached hydrogen (secondary N) is 2. The summed E-state index contributed by atoms with van der Waals surface area (Å²) >= 11 is 6.61. The van der Waals surface area contributed by atoms with E-state index in [2.05, 4.69) is 35.4 Å². The van der Waals surface area contributed by atoms with Crippen LogP contribution in [-0.2, 0) is 22.7 Å². The smallest absolute Gasteiger partial charge is 0.433 e. The van der Waals surface area contributed by atoms with E-state index in [0.29, 0.717) is 37.3 Å². The molecule has 206 valence electrons. The fourth-order valence-corrected chi connectivity index (χ4v) is 4.41. The number of aromatic nitrogens is 6. The maximum atomic E-state index is 13.8. The highest BCUT2D eigenvalue weighted by Crippen LogP contribution is 2.38. The molecular formula is C23H22ClF3N8O4. The van der Waals surface area contributed by atoms with Gasteiger partial charge in [0, 0.05) is 38.6 Å². The Hall–Kier alpha value is -4.11. The number of amides is 1. The summed E-state index contributed by atoms with van der Waals surface area (Å²) in [5, 5.41) is 9.63. The molecule has 5 rings (SSSR count). The normalized spacial score (nSPS) is 14.4. The number of anilines is 3. The average molecular weight is 567 g/mol. The topological polar surface area (TPSA) is 130 Å². The molecule has 4 aromatic heterocycles. The third-order valence-corrected chi connectivity index (χ3v) is 6.35. The summed E-state index contributed by atoms with van der Waals surface area (Å²) in [4.78, 5) is 24.1. The predicted molar refractivity (Wildman–Crippen MR) is 133 cm³/mol. The third kappa shape index (κ3) is 5.54. The first-order valence-corrected chi connectivity index (χ1v) is 12.0. The van der Waals surface area contributed by atoms with Crippen molar-refractivity contribution in [3.05, 3.63) is 41.3 Å². The lowest BCUT2D eigenvalue weighted by Gasteiger charge is -2.24. The number of pyridine rings is 2. The van der Waals surface area contributed by atoms with E-state index in [4.69, 9.17) is 21.1 Å². The van der Waals surface area contributed by atoms with Crippen molar-refractivity contribution in [1.29, 1.82) is 0 Å². The molecule has 0 aliphatic carbocycles. The number of carbonyl (C=O) groups excluding carboxylic acids is 1. The Kier molecular flexibility index (Phi) is 7.18. The molecule has 1 saturated heterocycles. The molecule has 0 spiro atoms. The van der Waals surface area contributed by atoms with Gasteiger partial charge in [0.05, 0.1) is 19.3 Å². The van der Waals surface area contributed by atoms with Crippen LogP contribution in [0.1, 0.15) is 24.6 Å². The van der Waals surface area contributed by atoms with Crippen LogP contribution in [0.25, 0.3) is 11.2 Å². The Labute approximate surface area is 224 Å². The standard InChI is InChI=1S/C23H22ClF3N8O4/c1-34-19-18(24)14(39-13-3-6-28-16(9-13)31-22(36)37-2)11-29-20(19)32-21(34)30-17-10-15(23(25,26)27)35(33-17)12-4-7-38-8-5-12/h3,6,9-12H,4-5,7-8H2,1-2H3,(H,28,31,36)(H,29,30,32,33). The molecule has 1 fully saturated rings. The first kappa shape index (κ1) is 26.5. The Morgan fingerprint density at radius 3 is 2.69 bits per heavy atom. The van der Waals surface area contributed by atoms with Gasteiger partial charge in [-0.25, -0.2) is 14.8 Å². The van der Waals surface area contributed by atoms with Crippen molar-refractivity contribution in [3.8, 4) is 11.5 Å². The summed E-state index contributed by atoms with van der Waals surface area (Å²) in [7, 11) is 2.85. The van der Waals surface area contributed by atoms with E-state index in [-0.39, 0.29) is 34.0 Å². The van der Waals surface area contributed by atoms with Crippen LogP contribution in [-0.4, -0.2) is 55.7 Å². The number of fused-ring (bicyclic) bond motifs is 1. The second-order valence-corrected chi connectivity index (χ2v) is 8.90. The highest BCUT2D eigenvalue weighted by atomic mass is 35.5. The molecule has 12 nitrogen and oxygen atoms in total. The van der Waals surface area contributed by atoms with E-state index in [1.54, 1.807) is 13.1 Å². The van der Waals surface area contributed by atoms with Crippen LogP contribution in [0.4, 0.5) is 35.5 Å². The van der Waals surface area contributed by atoms with Crippen LogP contribution in [0.3, 0.4) is 0 Å². The molecule has 0 bridgehead atoms. The number of ether oxygens (including phenoxy) is 3. The minimum atomic E-state index is -4.59. The van der Waals surface area contributed by atoms with Gasteiger partial charge in [-0.3, -0.25) is 10.00 Å². The summed E-state index contributed by atoms with van der Waals surface area (Å²) in [6, 6.07) is 3.52. The lowest BCUT2D eigenvalue weighted by atomic mass is 10.1. The number of nitrogens with zero attached hydrogens (tertiary/aromatic N) is 6. The number of aryl methyl sites for hydroxylation is 1. The summed E-state index contributed by atoms with van der Waals surface area (Å²) in [6.07, 6.45) is -1.66. The van der Waals surface area contributed by atoms with Gasteiger partial charge in [-0.15, -0.1) is 0 Å².